The van der Waals surface area contributed by atoms with Gasteiger partial charge in [-0.3, -0.25) is 14.9 Å². The lowest BCUT2D eigenvalue weighted by Gasteiger charge is -2.27. The van der Waals surface area contributed by atoms with Crippen LogP contribution in [0.1, 0.15) is 17.2 Å². The highest BCUT2D eigenvalue weighted by molar-refractivity contribution is 5.73. The van der Waals surface area contributed by atoms with E-state index >= 15 is 0 Å². The molecule has 1 aliphatic heterocycles. The number of fused-ring (bicyclic) bond motifs is 2. The van der Waals surface area contributed by atoms with Crippen LogP contribution in [-0.4, -0.2) is 35.3 Å². The molecule has 2 N–H and O–H groups in total. The van der Waals surface area contributed by atoms with Crippen molar-refractivity contribution in [2.45, 2.75) is 6.04 Å². The van der Waals surface area contributed by atoms with E-state index in [9.17, 15) is 14.9 Å². The van der Waals surface area contributed by atoms with Crippen LogP contribution in [0, 0.1) is 10.1 Å². The molecule has 0 unspecified atom stereocenters. The maximum atomic E-state index is 12.5. The number of rotatable bonds is 3. The zero-order valence-corrected chi connectivity index (χ0v) is 13.9. The summed E-state index contributed by atoms with van der Waals surface area (Å²) in [7, 11) is 0. The predicted molar refractivity (Wildman–Crippen MR) is 94.0 cm³/mol. The minimum absolute atomic E-state index is 0.0508. The Morgan fingerprint density at radius 2 is 2.04 bits per heavy atom. The zero-order valence-electron chi connectivity index (χ0n) is 13.9. The van der Waals surface area contributed by atoms with Gasteiger partial charge in [0, 0.05) is 17.7 Å². The van der Waals surface area contributed by atoms with Crippen molar-refractivity contribution in [2.24, 2.45) is 0 Å². The topological polar surface area (TPSA) is 158 Å². The fraction of sp³-hybridized carbons (Fsp3) is 0.0625. The molecule has 12 nitrogen and oxygen atoms in total. The lowest BCUT2D eigenvalue weighted by Crippen LogP contribution is -2.29. The fourth-order valence-electron chi connectivity index (χ4n) is 3.23. The third kappa shape index (κ3) is 2.28. The second-order valence-corrected chi connectivity index (χ2v) is 5.99. The van der Waals surface area contributed by atoms with Crippen LogP contribution in [0.2, 0.25) is 0 Å². The van der Waals surface area contributed by atoms with Crippen LogP contribution < -0.4 is 10.9 Å². The van der Waals surface area contributed by atoms with Gasteiger partial charge in [-0.05, 0) is 40.3 Å². The third-order valence-corrected chi connectivity index (χ3v) is 4.44. The highest BCUT2D eigenvalue weighted by Crippen LogP contribution is 2.41. The van der Waals surface area contributed by atoms with Crippen molar-refractivity contribution in [3.8, 4) is 11.5 Å². The van der Waals surface area contributed by atoms with Crippen LogP contribution in [0.15, 0.2) is 51.9 Å². The number of hydrogen-bond acceptors (Lipinski definition) is 9. The minimum Gasteiger partial charge on any atom is -0.463 e. The van der Waals surface area contributed by atoms with Crippen molar-refractivity contribution in [1.29, 1.82) is 0 Å². The minimum atomic E-state index is -0.642. The Balaban J connectivity index is 1.78. The van der Waals surface area contributed by atoms with Gasteiger partial charge in [-0.15, -0.1) is 0 Å². The number of furan rings is 1. The molecule has 0 aliphatic carbocycles. The predicted octanol–water partition coefficient (Wildman–Crippen LogP) is 1.62. The molecular formula is C16H10N8O4. The molecule has 28 heavy (non-hydrogen) atoms. The highest BCUT2D eigenvalue weighted by Gasteiger charge is 2.35. The van der Waals surface area contributed by atoms with Gasteiger partial charge in [0.2, 0.25) is 5.95 Å². The summed E-state index contributed by atoms with van der Waals surface area (Å²) in [5, 5.41) is 32.1. The van der Waals surface area contributed by atoms with Gasteiger partial charge in [-0.2, -0.15) is 9.78 Å². The van der Waals surface area contributed by atoms with Crippen LogP contribution in [-0.2, 0) is 0 Å². The van der Waals surface area contributed by atoms with E-state index in [2.05, 4.69) is 31.0 Å². The molecule has 0 spiro atoms. The van der Waals surface area contributed by atoms with Gasteiger partial charge in [0.15, 0.2) is 5.76 Å². The Bertz CT molecular complexity index is 1240. The lowest BCUT2D eigenvalue weighted by molar-refractivity contribution is -0.384. The molecule has 0 saturated heterocycles. The number of nitrogens with zero attached hydrogens (tertiary/aromatic N) is 6. The molecule has 5 rings (SSSR count). The number of aromatic amines is 1. The van der Waals surface area contributed by atoms with Crippen molar-refractivity contribution in [3.05, 3.63) is 74.3 Å². The number of non-ortho nitro benzene ring substituents is 1. The normalized spacial score (nSPS) is 14.8. The van der Waals surface area contributed by atoms with E-state index in [1.54, 1.807) is 24.3 Å². The van der Waals surface area contributed by atoms with Crippen molar-refractivity contribution < 1.29 is 9.34 Å². The molecule has 0 saturated carbocycles. The monoisotopic (exact) mass is 378 g/mol. The lowest BCUT2D eigenvalue weighted by atomic mass is 9.94. The van der Waals surface area contributed by atoms with Gasteiger partial charge in [-0.1, -0.05) is 5.10 Å². The van der Waals surface area contributed by atoms with Crippen molar-refractivity contribution >= 4 is 17.3 Å². The number of nitrogens with one attached hydrogen (secondary N) is 2. The van der Waals surface area contributed by atoms with Gasteiger partial charge in [0.25, 0.3) is 11.2 Å². The van der Waals surface area contributed by atoms with E-state index in [0.29, 0.717) is 22.6 Å². The van der Waals surface area contributed by atoms with Crippen LogP contribution in [0.25, 0.3) is 11.5 Å². The van der Waals surface area contributed by atoms with Crippen LogP contribution in [0.4, 0.5) is 17.3 Å². The first-order valence-corrected chi connectivity index (χ1v) is 8.09. The maximum Gasteiger partial charge on any atom is 0.288 e. The van der Waals surface area contributed by atoms with Gasteiger partial charge < -0.3 is 9.73 Å². The van der Waals surface area contributed by atoms with Crippen molar-refractivity contribution in [1.82, 2.24) is 30.4 Å². The second kappa shape index (κ2) is 5.84. The second-order valence-electron chi connectivity index (χ2n) is 5.99. The average molecular weight is 378 g/mol. The summed E-state index contributed by atoms with van der Waals surface area (Å²) in [5.74, 6) is 0.704. The van der Waals surface area contributed by atoms with Crippen LogP contribution >= 0.6 is 0 Å². The summed E-state index contributed by atoms with van der Waals surface area (Å²) in [4.78, 5) is 23.0. The molecule has 0 bridgehead atoms. The van der Waals surface area contributed by atoms with Gasteiger partial charge in [0.05, 0.1) is 11.2 Å². The van der Waals surface area contributed by atoms with Gasteiger partial charge in [-0.25, -0.2) is 5.10 Å². The number of H-pyrrole nitrogens is 1. The summed E-state index contributed by atoms with van der Waals surface area (Å²) >= 11 is 0. The molecule has 4 heterocycles. The third-order valence-electron chi connectivity index (χ3n) is 4.44. The Hall–Kier alpha value is -4.35. The standard InChI is InChI=1S/C16H10N8O4/c25-15-13-11(12(18-19-15)10-2-1-7-28-10)14(23-16(17-13)20-21-22-23)8-3-5-9(6-4-8)24(26)27/h1-7,14H,(H,19,25)(H,17,20,22)/t14-/m0/s1. The number of nitro groups is 1. The summed E-state index contributed by atoms with van der Waals surface area (Å²) in [6, 6.07) is 8.73. The Morgan fingerprint density at radius 1 is 1.21 bits per heavy atom. The van der Waals surface area contributed by atoms with Crippen molar-refractivity contribution in [2.75, 3.05) is 5.32 Å². The molecule has 1 atom stereocenters. The number of aromatic nitrogens is 6. The molecule has 0 radical (unpaired) electrons. The molecule has 0 amide bonds. The average Bonchev–Trinajstić information content (AvgIpc) is 3.39. The Morgan fingerprint density at radius 3 is 2.75 bits per heavy atom. The molecule has 1 aliphatic rings. The number of tetrazole rings is 1. The van der Waals surface area contributed by atoms with E-state index in [1.165, 1.54) is 23.1 Å². The van der Waals surface area contributed by atoms with Crippen molar-refractivity contribution in [3.63, 3.8) is 0 Å². The smallest absolute Gasteiger partial charge is 0.288 e. The van der Waals surface area contributed by atoms with Crippen LogP contribution in [0.5, 0.6) is 0 Å². The van der Waals surface area contributed by atoms with Gasteiger partial charge in [0.1, 0.15) is 17.4 Å². The summed E-state index contributed by atoms with van der Waals surface area (Å²) in [6.45, 7) is 0. The van der Waals surface area contributed by atoms with E-state index in [0.717, 1.165) is 0 Å². The highest BCUT2D eigenvalue weighted by atomic mass is 16.6. The molecular weight excluding hydrogens is 368 g/mol. The van der Waals surface area contributed by atoms with E-state index < -0.39 is 16.5 Å². The summed E-state index contributed by atoms with van der Waals surface area (Å²) < 4.78 is 6.95. The molecule has 1 aromatic carbocycles. The quantitative estimate of drug-likeness (QED) is 0.351. The van der Waals surface area contributed by atoms with E-state index in [1.807, 2.05) is 0 Å². The SMILES string of the molecule is O=c1[nH]nc(-c2ccco2)c2c1Nc1nnnn1[C@H]2c1ccc([N+](=O)[O-])cc1. The first-order valence-electron chi connectivity index (χ1n) is 8.09. The number of anilines is 2. The molecule has 138 valence electrons. The number of benzene rings is 1. The molecule has 0 fully saturated rings. The number of nitro benzene ring substituents is 1. The van der Waals surface area contributed by atoms with E-state index in [-0.39, 0.29) is 17.3 Å². The number of hydrogen-bond donors (Lipinski definition) is 2. The van der Waals surface area contributed by atoms with E-state index in [4.69, 9.17) is 4.42 Å². The van der Waals surface area contributed by atoms with Crippen LogP contribution in [0.3, 0.4) is 0 Å². The Labute approximate surface area is 155 Å². The maximum absolute atomic E-state index is 12.5. The fourth-order valence-corrected chi connectivity index (χ4v) is 3.23. The van der Waals surface area contributed by atoms with Gasteiger partial charge >= 0.3 is 0 Å². The first-order chi connectivity index (χ1) is 13.6. The Kier molecular flexibility index (Phi) is 3.31. The molecule has 4 aromatic rings. The molecule has 12 heteroatoms. The molecule has 3 aromatic heterocycles. The largest absolute Gasteiger partial charge is 0.463 e. The first kappa shape index (κ1) is 15.9. The summed E-state index contributed by atoms with van der Waals surface area (Å²) in [5.41, 5.74) is 1.26. The summed E-state index contributed by atoms with van der Waals surface area (Å²) in [6.07, 6.45) is 1.49. The zero-order chi connectivity index (χ0) is 19.3.